The lowest BCUT2D eigenvalue weighted by atomic mass is 10.2. The Balaban J connectivity index is 2.01. The van der Waals surface area contributed by atoms with Gasteiger partial charge < -0.3 is 15.4 Å². The number of amides is 1. The third-order valence-corrected chi connectivity index (χ3v) is 3.24. The number of nitrogens with one attached hydrogen (secondary N) is 2. The first-order valence-electron chi connectivity index (χ1n) is 5.63. The molecular formula is C12H14ClFN2O2. The summed E-state index contributed by atoms with van der Waals surface area (Å²) in [5, 5.41) is 5.53. The normalized spacial score (nSPS) is 23.1. The molecule has 1 aromatic rings. The molecule has 4 nitrogen and oxygen atoms in total. The molecule has 1 aliphatic rings. The molecule has 98 valence electrons. The standard InChI is InChI=1S/C12H14ClFN2O2/c1-18-7-5-10(15-6-7)12(17)16-9-4-2-3-8(13)11(9)14/h2-4,7,10,15H,5-6H2,1H3,(H,16,17). The predicted molar refractivity (Wildman–Crippen MR) is 67.2 cm³/mol. The van der Waals surface area contributed by atoms with Crippen LogP contribution in [0.2, 0.25) is 5.02 Å². The molecule has 0 saturated carbocycles. The Morgan fingerprint density at radius 2 is 2.39 bits per heavy atom. The summed E-state index contributed by atoms with van der Waals surface area (Å²) >= 11 is 5.64. The van der Waals surface area contributed by atoms with Crippen LogP contribution in [0.25, 0.3) is 0 Å². The zero-order valence-corrected chi connectivity index (χ0v) is 10.6. The van der Waals surface area contributed by atoms with Gasteiger partial charge in [0.15, 0.2) is 5.82 Å². The second-order valence-electron chi connectivity index (χ2n) is 4.14. The Hall–Kier alpha value is -1.17. The van der Waals surface area contributed by atoms with Crippen molar-refractivity contribution >= 4 is 23.2 Å². The number of carbonyl (C=O) groups excluding carboxylic acids is 1. The third kappa shape index (κ3) is 2.80. The van der Waals surface area contributed by atoms with Crippen molar-refractivity contribution in [2.24, 2.45) is 0 Å². The summed E-state index contributed by atoms with van der Waals surface area (Å²) in [6.45, 7) is 0.618. The van der Waals surface area contributed by atoms with E-state index in [1.54, 1.807) is 13.2 Å². The molecule has 1 heterocycles. The molecule has 6 heteroatoms. The van der Waals surface area contributed by atoms with Gasteiger partial charge in [0.05, 0.1) is 22.9 Å². The molecule has 1 amide bonds. The molecule has 18 heavy (non-hydrogen) atoms. The zero-order chi connectivity index (χ0) is 13.1. The molecule has 1 fully saturated rings. The van der Waals surface area contributed by atoms with Crippen LogP contribution in [0.1, 0.15) is 6.42 Å². The Bertz CT molecular complexity index is 456. The second-order valence-corrected chi connectivity index (χ2v) is 4.55. The van der Waals surface area contributed by atoms with E-state index in [-0.39, 0.29) is 28.8 Å². The van der Waals surface area contributed by atoms with Crippen molar-refractivity contribution in [2.75, 3.05) is 19.0 Å². The Labute approximate surface area is 109 Å². The molecular weight excluding hydrogens is 259 g/mol. The average molecular weight is 273 g/mol. The summed E-state index contributed by atoms with van der Waals surface area (Å²) in [4.78, 5) is 11.9. The van der Waals surface area contributed by atoms with Crippen molar-refractivity contribution in [1.82, 2.24) is 5.32 Å². The van der Waals surface area contributed by atoms with E-state index >= 15 is 0 Å². The highest BCUT2D eigenvalue weighted by Gasteiger charge is 2.29. The molecule has 0 aliphatic carbocycles. The van der Waals surface area contributed by atoms with Gasteiger partial charge in [-0.25, -0.2) is 4.39 Å². The number of halogens is 2. The fourth-order valence-corrected chi connectivity index (χ4v) is 2.08. The minimum Gasteiger partial charge on any atom is -0.380 e. The summed E-state index contributed by atoms with van der Waals surface area (Å²) < 4.78 is 18.7. The van der Waals surface area contributed by atoms with E-state index in [2.05, 4.69) is 10.6 Å². The fraction of sp³-hybridized carbons (Fsp3) is 0.417. The van der Waals surface area contributed by atoms with Crippen LogP contribution < -0.4 is 10.6 Å². The maximum absolute atomic E-state index is 13.6. The fourth-order valence-electron chi connectivity index (χ4n) is 1.90. The smallest absolute Gasteiger partial charge is 0.241 e. The first-order valence-corrected chi connectivity index (χ1v) is 6.00. The van der Waals surface area contributed by atoms with Crippen LogP contribution in [0.3, 0.4) is 0 Å². The topological polar surface area (TPSA) is 50.4 Å². The lowest BCUT2D eigenvalue weighted by Gasteiger charge is -2.12. The minimum atomic E-state index is -0.617. The molecule has 1 aromatic carbocycles. The Morgan fingerprint density at radius 3 is 3.06 bits per heavy atom. The van der Waals surface area contributed by atoms with Crippen molar-refractivity contribution in [1.29, 1.82) is 0 Å². The van der Waals surface area contributed by atoms with E-state index in [0.717, 1.165) is 0 Å². The van der Waals surface area contributed by atoms with Crippen molar-refractivity contribution in [2.45, 2.75) is 18.6 Å². The quantitative estimate of drug-likeness (QED) is 0.882. The van der Waals surface area contributed by atoms with E-state index in [9.17, 15) is 9.18 Å². The number of rotatable bonds is 3. The van der Waals surface area contributed by atoms with Gasteiger partial charge in [-0.3, -0.25) is 4.79 Å². The SMILES string of the molecule is COC1CNC(C(=O)Nc2cccc(Cl)c2F)C1. The zero-order valence-electron chi connectivity index (χ0n) is 9.87. The molecule has 0 aromatic heterocycles. The molecule has 2 rings (SSSR count). The number of carbonyl (C=O) groups is 1. The molecule has 2 N–H and O–H groups in total. The maximum atomic E-state index is 13.6. The number of hydrogen-bond donors (Lipinski definition) is 2. The van der Waals surface area contributed by atoms with Crippen molar-refractivity contribution in [3.63, 3.8) is 0 Å². The van der Waals surface area contributed by atoms with Gasteiger partial charge in [-0.15, -0.1) is 0 Å². The maximum Gasteiger partial charge on any atom is 0.241 e. The number of anilines is 1. The second kappa shape index (κ2) is 5.65. The summed E-state index contributed by atoms with van der Waals surface area (Å²) in [5.74, 6) is -0.899. The molecule has 0 bridgehead atoms. The molecule has 1 aliphatic heterocycles. The van der Waals surface area contributed by atoms with E-state index in [4.69, 9.17) is 16.3 Å². The van der Waals surface area contributed by atoms with Crippen molar-refractivity contribution in [3.8, 4) is 0 Å². The van der Waals surface area contributed by atoms with Gasteiger partial charge in [-0.05, 0) is 18.6 Å². The summed E-state index contributed by atoms with van der Waals surface area (Å²) in [6.07, 6.45) is 0.592. The largest absolute Gasteiger partial charge is 0.380 e. The van der Waals surface area contributed by atoms with Crippen LogP contribution in [0.15, 0.2) is 18.2 Å². The van der Waals surface area contributed by atoms with Crippen LogP contribution in [-0.4, -0.2) is 31.7 Å². The van der Waals surface area contributed by atoms with E-state index in [0.29, 0.717) is 13.0 Å². The number of hydrogen-bond acceptors (Lipinski definition) is 3. The molecule has 2 unspecified atom stereocenters. The van der Waals surface area contributed by atoms with Gasteiger partial charge in [-0.2, -0.15) is 0 Å². The summed E-state index contributed by atoms with van der Waals surface area (Å²) in [6, 6.07) is 4.12. The van der Waals surface area contributed by atoms with E-state index in [1.807, 2.05) is 0 Å². The van der Waals surface area contributed by atoms with Crippen molar-refractivity contribution in [3.05, 3.63) is 29.0 Å². The highest BCUT2D eigenvalue weighted by molar-refractivity contribution is 6.31. The predicted octanol–water partition coefficient (Wildman–Crippen LogP) is 1.79. The van der Waals surface area contributed by atoms with Gasteiger partial charge in [-0.1, -0.05) is 17.7 Å². The monoisotopic (exact) mass is 272 g/mol. The number of benzene rings is 1. The molecule has 0 spiro atoms. The first-order chi connectivity index (χ1) is 8.61. The number of methoxy groups -OCH3 is 1. The van der Waals surface area contributed by atoms with Gasteiger partial charge in [0.25, 0.3) is 0 Å². The Kier molecular flexibility index (Phi) is 4.16. The average Bonchev–Trinajstić information content (AvgIpc) is 2.83. The van der Waals surface area contributed by atoms with E-state index < -0.39 is 5.82 Å². The number of ether oxygens (including phenoxy) is 1. The van der Waals surface area contributed by atoms with Crippen LogP contribution in [0, 0.1) is 5.82 Å². The summed E-state index contributed by atoms with van der Waals surface area (Å²) in [5.41, 5.74) is 0.0927. The molecule has 2 atom stereocenters. The third-order valence-electron chi connectivity index (χ3n) is 2.95. The van der Waals surface area contributed by atoms with Crippen LogP contribution in [0.5, 0.6) is 0 Å². The Morgan fingerprint density at radius 1 is 1.61 bits per heavy atom. The highest BCUT2D eigenvalue weighted by atomic mass is 35.5. The van der Waals surface area contributed by atoms with Crippen LogP contribution >= 0.6 is 11.6 Å². The van der Waals surface area contributed by atoms with Gasteiger partial charge in [0, 0.05) is 13.7 Å². The van der Waals surface area contributed by atoms with Crippen molar-refractivity contribution < 1.29 is 13.9 Å². The van der Waals surface area contributed by atoms with Crippen LogP contribution in [0.4, 0.5) is 10.1 Å². The lowest BCUT2D eigenvalue weighted by molar-refractivity contribution is -0.118. The molecule has 1 saturated heterocycles. The van der Waals surface area contributed by atoms with Gasteiger partial charge >= 0.3 is 0 Å². The van der Waals surface area contributed by atoms with E-state index in [1.165, 1.54) is 12.1 Å². The minimum absolute atomic E-state index is 0.0121. The molecule has 0 radical (unpaired) electrons. The van der Waals surface area contributed by atoms with Crippen LogP contribution in [-0.2, 0) is 9.53 Å². The van der Waals surface area contributed by atoms with Gasteiger partial charge in [0.2, 0.25) is 5.91 Å². The lowest BCUT2D eigenvalue weighted by Crippen LogP contribution is -2.35. The first kappa shape index (κ1) is 13.3. The van der Waals surface area contributed by atoms with Gasteiger partial charge in [0.1, 0.15) is 0 Å². The summed E-state index contributed by atoms with van der Waals surface area (Å²) in [7, 11) is 1.60. The highest BCUT2D eigenvalue weighted by Crippen LogP contribution is 2.22.